The lowest BCUT2D eigenvalue weighted by molar-refractivity contribution is 0.0934. The largest absolute Gasteiger partial charge is 0.350 e. The van der Waals surface area contributed by atoms with Crippen LogP contribution < -0.4 is 5.32 Å². The van der Waals surface area contributed by atoms with Crippen molar-refractivity contribution >= 4 is 21.8 Å². The van der Waals surface area contributed by atoms with Crippen LogP contribution in [0.4, 0.5) is 0 Å². The van der Waals surface area contributed by atoms with Gasteiger partial charge in [-0.3, -0.25) is 4.79 Å². The molecule has 17 heavy (non-hydrogen) atoms. The molecule has 1 aromatic rings. The van der Waals surface area contributed by atoms with Gasteiger partial charge < -0.3 is 5.32 Å². The van der Waals surface area contributed by atoms with Crippen LogP contribution in [0.1, 0.15) is 37.2 Å². The maximum atomic E-state index is 11.9. The van der Waals surface area contributed by atoms with E-state index < -0.39 is 0 Å². The molecule has 1 aliphatic carbocycles. The van der Waals surface area contributed by atoms with Crippen LogP contribution >= 0.6 is 15.9 Å². The highest BCUT2D eigenvalue weighted by Gasteiger charge is 2.45. The first kappa shape index (κ1) is 12.6. The zero-order valence-electron chi connectivity index (χ0n) is 10.2. The lowest BCUT2D eigenvalue weighted by atomic mass is 9.92. The van der Waals surface area contributed by atoms with E-state index in [0.717, 1.165) is 11.0 Å². The first-order valence-electron chi connectivity index (χ1n) is 5.93. The maximum Gasteiger partial charge on any atom is 0.269 e. The average molecular weight is 297 g/mol. The van der Waals surface area contributed by atoms with Crippen LogP contribution in [0, 0.1) is 11.3 Å². The molecule has 3 nitrogen and oxygen atoms in total. The third-order valence-electron chi connectivity index (χ3n) is 3.68. The minimum Gasteiger partial charge on any atom is -0.350 e. The summed E-state index contributed by atoms with van der Waals surface area (Å²) in [5, 5.41) is 2.99. The van der Waals surface area contributed by atoms with Crippen molar-refractivity contribution < 1.29 is 4.79 Å². The van der Waals surface area contributed by atoms with Crippen molar-refractivity contribution in [2.24, 2.45) is 11.3 Å². The second-order valence-electron chi connectivity index (χ2n) is 5.06. The van der Waals surface area contributed by atoms with Crippen molar-refractivity contribution in [3.8, 4) is 0 Å². The Morgan fingerprint density at radius 1 is 1.53 bits per heavy atom. The summed E-state index contributed by atoms with van der Waals surface area (Å²) in [6.45, 7) is 5.20. The maximum absolute atomic E-state index is 11.9. The Morgan fingerprint density at radius 3 is 2.71 bits per heavy atom. The summed E-state index contributed by atoms with van der Waals surface area (Å²) in [7, 11) is 0. The van der Waals surface area contributed by atoms with Crippen LogP contribution in [0.15, 0.2) is 22.8 Å². The molecule has 0 radical (unpaired) electrons. The molecule has 0 atom stereocenters. The van der Waals surface area contributed by atoms with E-state index in [4.69, 9.17) is 0 Å². The van der Waals surface area contributed by atoms with E-state index >= 15 is 0 Å². The lowest BCUT2D eigenvalue weighted by Gasteiger charge is -2.19. The fourth-order valence-electron chi connectivity index (χ4n) is 1.98. The number of nitrogens with one attached hydrogen (secondary N) is 1. The zero-order valence-corrected chi connectivity index (χ0v) is 11.8. The van der Waals surface area contributed by atoms with E-state index in [1.807, 2.05) is 6.07 Å². The molecule has 1 heterocycles. The second-order valence-corrected chi connectivity index (χ2v) is 5.98. The highest BCUT2D eigenvalue weighted by atomic mass is 79.9. The van der Waals surface area contributed by atoms with E-state index in [0.29, 0.717) is 17.0 Å². The fraction of sp³-hybridized carbons (Fsp3) is 0.538. The number of rotatable bonds is 4. The molecule has 0 unspecified atom stereocenters. The van der Waals surface area contributed by atoms with Crippen LogP contribution in [0.25, 0.3) is 0 Å². The van der Waals surface area contributed by atoms with Gasteiger partial charge in [-0.05, 0) is 52.2 Å². The Kier molecular flexibility index (Phi) is 3.52. The fourth-order valence-corrected chi connectivity index (χ4v) is 2.21. The number of halogens is 1. The molecule has 1 fully saturated rings. The minimum atomic E-state index is -0.0792. The van der Waals surface area contributed by atoms with Crippen molar-refractivity contribution in [3.63, 3.8) is 0 Å². The van der Waals surface area contributed by atoms with Crippen molar-refractivity contribution in [2.45, 2.75) is 26.7 Å². The predicted molar refractivity (Wildman–Crippen MR) is 70.8 cm³/mol. The van der Waals surface area contributed by atoms with E-state index in [-0.39, 0.29) is 5.91 Å². The van der Waals surface area contributed by atoms with Gasteiger partial charge in [-0.25, -0.2) is 4.98 Å². The summed E-state index contributed by atoms with van der Waals surface area (Å²) in [5.41, 5.74) is 0.818. The molecule has 4 heteroatoms. The molecule has 2 rings (SSSR count). The number of carbonyl (C=O) groups excluding carboxylic acids is 1. The standard InChI is InChI=1S/C13H17BrN2O/c1-9(2)13(5-6-13)8-16-12(17)11-4-3-10(14)7-15-11/h3-4,7,9H,5-6,8H2,1-2H3,(H,16,17). The molecule has 0 aliphatic heterocycles. The van der Waals surface area contributed by atoms with Crippen molar-refractivity contribution in [2.75, 3.05) is 6.54 Å². The van der Waals surface area contributed by atoms with Crippen molar-refractivity contribution in [3.05, 3.63) is 28.5 Å². The van der Waals surface area contributed by atoms with Crippen LogP contribution in [0.2, 0.25) is 0 Å². The summed E-state index contributed by atoms with van der Waals surface area (Å²) in [6, 6.07) is 3.56. The summed E-state index contributed by atoms with van der Waals surface area (Å²) in [6.07, 6.45) is 4.08. The van der Waals surface area contributed by atoms with Gasteiger partial charge in [0.05, 0.1) is 0 Å². The number of hydrogen-bond acceptors (Lipinski definition) is 2. The van der Waals surface area contributed by atoms with Gasteiger partial charge in [0.25, 0.3) is 5.91 Å². The number of nitrogens with zero attached hydrogens (tertiary/aromatic N) is 1. The van der Waals surface area contributed by atoms with E-state index in [1.165, 1.54) is 12.8 Å². The van der Waals surface area contributed by atoms with Gasteiger partial charge in [0.1, 0.15) is 5.69 Å². The molecule has 0 aromatic carbocycles. The molecule has 0 spiro atoms. The SMILES string of the molecule is CC(C)C1(CNC(=O)c2ccc(Br)cn2)CC1. The molecule has 0 bridgehead atoms. The number of hydrogen-bond donors (Lipinski definition) is 1. The summed E-state index contributed by atoms with van der Waals surface area (Å²) in [4.78, 5) is 15.9. The molecule has 1 N–H and O–H groups in total. The monoisotopic (exact) mass is 296 g/mol. The quantitative estimate of drug-likeness (QED) is 0.928. The van der Waals surface area contributed by atoms with Crippen LogP contribution in [-0.4, -0.2) is 17.4 Å². The molecular formula is C13H17BrN2O. The molecule has 1 aromatic heterocycles. The Bertz CT molecular complexity index is 410. The smallest absolute Gasteiger partial charge is 0.269 e. The molecule has 1 aliphatic rings. The number of aromatic nitrogens is 1. The van der Waals surface area contributed by atoms with Gasteiger partial charge in [0.2, 0.25) is 0 Å². The summed E-state index contributed by atoms with van der Waals surface area (Å²) < 4.78 is 0.884. The van der Waals surface area contributed by atoms with Gasteiger partial charge in [0.15, 0.2) is 0 Å². The summed E-state index contributed by atoms with van der Waals surface area (Å²) >= 11 is 3.30. The Labute approximate surface area is 110 Å². The number of amides is 1. The van der Waals surface area contributed by atoms with Gasteiger partial charge in [-0.1, -0.05) is 13.8 Å². The molecule has 0 saturated heterocycles. The highest BCUT2D eigenvalue weighted by Crippen LogP contribution is 2.51. The van der Waals surface area contributed by atoms with Gasteiger partial charge in [-0.2, -0.15) is 0 Å². The minimum absolute atomic E-state index is 0.0792. The van der Waals surface area contributed by atoms with Gasteiger partial charge in [0, 0.05) is 17.2 Å². The number of carbonyl (C=O) groups is 1. The Morgan fingerprint density at radius 2 is 2.24 bits per heavy atom. The van der Waals surface area contributed by atoms with Crippen molar-refractivity contribution in [1.82, 2.24) is 10.3 Å². The average Bonchev–Trinajstić information content (AvgIpc) is 3.08. The van der Waals surface area contributed by atoms with E-state index in [2.05, 4.69) is 40.1 Å². The van der Waals surface area contributed by atoms with E-state index in [9.17, 15) is 4.79 Å². The third kappa shape index (κ3) is 2.86. The van der Waals surface area contributed by atoms with Crippen molar-refractivity contribution in [1.29, 1.82) is 0 Å². The van der Waals surface area contributed by atoms with Gasteiger partial charge in [-0.15, -0.1) is 0 Å². The predicted octanol–water partition coefficient (Wildman–Crippen LogP) is 3.01. The number of pyridine rings is 1. The first-order chi connectivity index (χ1) is 8.03. The topological polar surface area (TPSA) is 42.0 Å². The summed E-state index contributed by atoms with van der Waals surface area (Å²) in [5.74, 6) is 0.546. The van der Waals surface area contributed by atoms with Crippen LogP contribution in [-0.2, 0) is 0 Å². The first-order valence-corrected chi connectivity index (χ1v) is 6.72. The zero-order chi connectivity index (χ0) is 12.5. The Hall–Kier alpha value is -0.900. The van der Waals surface area contributed by atoms with Crippen LogP contribution in [0.3, 0.4) is 0 Å². The molecule has 1 saturated carbocycles. The normalized spacial score (nSPS) is 16.9. The molecular weight excluding hydrogens is 280 g/mol. The molecule has 1 amide bonds. The molecule has 92 valence electrons. The van der Waals surface area contributed by atoms with Gasteiger partial charge >= 0.3 is 0 Å². The third-order valence-corrected chi connectivity index (χ3v) is 4.15. The lowest BCUT2D eigenvalue weighted by Crippen LogP contribution is -2.33. The highest BCUT2D eigenvalue weighted by molar-refractivity contribution is 9.10. The van der Waals surface area contributed by atoms with Crippen LogP contribution in [0.5, 0.6) is 0 Å². The van der Waals surface area contributed by atoms with E-state index in [1.54, 1.807) is 12.3 Å². The second kappa shape index (κ2) is 4.77. The Balaban J connectivity index is 1.92.